The Morgan fingerprint density at radius 2 is 1.97 bits per heavy atom. The highest BCUT2D eigenvalue weighted by Crippen LogP contribution is 2.41. The topological polar surface area (TPSA) is 61.5 Å². The number of ether oxygens (including phenoxy) is 1. The van der Waals surface area contributed by atoms with Crippen molar-refractivity contribution in [1.29, 1.82) is 5.26 Å². The number of aryl methyl sites for hydroxylation is 1. The van der Waals surface area contributed by atoms with Gasteiger partial charge in [-0.25, -0.2) is 4.99 Å². The van der Waals surface area contributed by atoms with Gasteiger partial charge in [0.1, 0.15) is 23.1 Å². The molecule has 8 heteroatoms. The average molecular weight is 459 g/mol. The van der Waals surface area contributed by atoms with Crippen LogP contribution in [0.4, 0.5) is 5.69 Å². The maximum Gasteiger partial charge on any atom is 0.218 e. The van der Waals surface area contributed by atoms with E-state index >= 15 is 0 Å². The molecule has 1 heterocycles. The Hall–Kier alpha value is -2.59. The molecule has 3 aromatic rings. The van der Waals surface area contributed by atoms with Gasteiger partial charge in [0.2, 0.25) is 5.06 Å². The number of aliphatic imine (C=N–C) groups is 1. The number of halogens is 2. The molecule has 0 aliphatic rings. The second-order valence-electron chi connectivity index (χ2n) is 6.96. The monoisotopic (exact) mass is 458 g/mol. The third kappa shape index (κ3) is 4.76. The lowest BCUT2D eigenvalue weighted by atomic mass is 10.1. The largest absolute Gasteiger partial charge is 0.442 e. The van der Waals surface area contributed by atoms with Gasteiger partial charge in [-0.2, -0.15) is 9.64 Å². The van der Waals surface area contributed by atoms with Crippen molar-refractivity contribution in [3.8, 4) is 28.1 Å². The quantitative estimate of drug-likeness (QED) is 0.292. The van der Waals surface area contributed by atoms with Gasteiger partial charge in [-0.3, -0.25) is 0 Å². The first-order valence-corrected chi connectivity index (χ1v) is 10.7. The number of hydrogen-bond donors (Lipinski definition) is 0. The Labute approximate surface area is 190 Å². The van der Waals surface area contributed by atoms with Gasteiger partial charge in [0, 0.05) is 30.2 Å². The van der Waals surface area contributed by atoms with Crippen LogP contribution in [0.3, 0.4) is 0 Å². The predicted molar refractivity (Wildman–Crippen MR) is 125 cm³/mol. The van der Waals surface area contributed by atoms with Crippen LogP contribution in [-0.2, 0) is 0 Å². The van der Waals surface area contributed by atoms with Crippen molar-refractivity contribution >= 4 is 46.8 Å². The van der Waals surface area contributed by atoms with Crippen LogP contribution in [0, 0.1) is 18.3 Å². The minimum absolute atomic E-state index is 0.322. The van der Waals surface area contributed by atoms with Crippen LogP contribution in [0.2, 0.25) is 10.0 Å². The van der Waals surface area contributed by atoms with Crippen molar-refractivity contribution in [3.63, 3.8) is 0 Å². The molecule has 0 amide bonds. The lowest BCUT2D eigenvalue weighted by Gasteiger charge is -2.17. The van der Waals surface area contributed by atoms with Gasteiger partial charge in [0.05, 0.1) is 22.1 Å². The molecule has 0 radical (unpaired) electrons. The van der Waals surface area contributed by atoms with E-state index in [1.54, 1.807) is 24.5 Å². The highest BCUT2D eigenvalue weighted by atomic mass is 35.5. The molecule has 0 bridgehead atoms. The first-order valence-electron chi connectivity index (χ1n) is 9.20. The number of nitrogens with zero attached hydrogens (tertiary/aromatic N) is 4. The van der Waals surface area contributed by atoms with Gasteiger partial charge in [0.25, 0.3) is 0 Å². The summed E-state index contributed by atoms with van der Waals surface area (Å²) < 4.78 is 10.4. The fraction of sp³-hybridized carbons (Fsp3) is 0.227. The van der Waals surface area contributed by atoms with Gasteiger partial charge in [-0.05, 0) is 44.5 Å². The van der Waals surface area contributed by atoms with E-state index < -0.39 is 0 Å². The Morgan fingerprint density at radius 3 is 2.63 bits per heavy atom. The van der Waals surface area contributed by atoms with Crippen LogP contribution in [-0.4, -0.2) is 28.7 Å². The number of nitriles is 1. The van der Waals surface area contributed by atoms with Crippen molar-refractivity contribution in [2.24, 2.45) is 4.99 Å². The molecule has 3 rings (SSSR count). The number of hydrogen-bond acceptors (Lipinski definition) is 5. The predicted octanol–water partition coefficient (Wildman–Crippen LogP) is 7.09. The summed E-state index contributed by atoms with van der Waals surface area (Å²) >= 11 is 13.8. The smallest absolute Gasteiger partial charge is 0.218 e. The summed E-state index contributed by atoms with van der Waals surface area (Å²) in [6, 6.07) is 13.3. The van der Waals surface area contributed by atoms with E-state index in [1.807, 2.05) is 37.1 Å². The summed E-state index contributed by atoms with van der Waals surface area (Å²) in [7, 11) is 1.96. The van der Waals surface area contributed by atoms with Crippen LogP contribution < -0.4 is 4.74 Å². The molecule has 2 aromatic carbocycles. The second-order valence-corrected chi connectivity index (χ2v) is 8.51. The molecule has 0 fully saturated rings. The van der Waals surface area contributed by atoms with Gasteiger partial charge < -0.3 is 9.64 Å². The van der Waals surface area contributed by atoms with Crippen molar-refractivity contribution < 1.29 is 4.74 Å². The molecule has 0 unspecified atom stereocenters. The Morgan fingerprint density at radius 1 is 1.23 bits per heavy atom. The van der Waals surface area contributed by atoms with E-state index in [4.69, 9.17) is 27.9 Å². The Bertz CT molecular complexity index is 1130. The SMILES string of the molecule is Cc1cc(Oc2snc(-c3ccccc3Cl)c2C#N)c(Cl)cc1N=CN(C)C(C)C. The van der Waals surface area contributed by atoms with Crippen molar-refractivity contribution in [2.45, 2.75) is 26.8 Å². The third-order valence-electron chi connectivity index (χ3n) is 4.55. The number of rotatable bonds is 6. The second kappa shape index (κ2) is 9.48. The summed E-state index contributed by atoms with van der Waals surface area (Å²) in [5.41, 5.74) is 3.15. The summed E-state index contributed by atoms with van der Waals surface area (Å²) in [5.74, 6) is 0.441. The van der Waals surface area contributed by atoms with Crippen LogP contribution >= 0.6 is 34.7 Å². The molecule has 0 spiro atoms. The normalized spacial score (nSPS) is 11.1. The first kappa shape index (κ1) is 22.1. The van der Waals surface area contributed by atoms with E-state index in [0.717, 1.165) is 22.8 Å². The van der Waals surface area contributed by atoms with Gasteiger partial charge in [-0.1, -0.05) is 41.4 Å². The van der Waals surface area contributed by atoms with E-state index in [2.05, 4.69) is 29.3 Å². The lowest BCUT2D eigenvalue weighted by molar-refractivity contribution is 0.429. The average Bonchev–Trinajstić information content (AvgIpc) is 3.11. The zero-order chi connectivity index (χ0) is 21.8. The highest BCUT2D eigenvalue weighted by molar-refractivity contribution is 7.08. The van der Waals surface area contributed by atoms with Crippen LogP contribution in [0.25, 0.3) is 11.3 Å². The van der Waals surface area contributed by atoms with E-state index in [9.17, 15) is 5.26 Å². The fourth-order valence-corrected chi connectivity index (χ4v) is 3.67. The summed E-state index contributed by atoms with van der Waals surface area (Å²) in [6.07, 6.45) is 1.77. The molecule has 154 valence electrons. The zero-order valence-electron chi connectivity index (χ0n) is 17.0. The Kier molecular flexibility index (Phi) is 6.99. The van der Waals surface area contributed by atoms with Gasteiger partial charge >= 0.3 is 0 Å². The molecule has 5 nitrogen and oxygen atoms in total. The summed E-state index contributed by atoms with van der Waals surface area (Å²) in [6.45, 7) is 6.10. The third-order valence-corrected chi connectivity index (χ3v) is 5.90. The number of benzene rings is 2. The van der Waals surface area contributed by atoms with Crippen LogP contribution in [0.1, 0.15) is 25.0 Å². The van der Waals surface area contributed by atoms with E-state index in [-0.39, 0.29) is 0 Å². The molecule has 0 atom stereocenters. The Balaban J connectivity index is 1.92. The standard InChI is InChI=1S/C22H20Cl2N4OS/c1-13(2)28(4)12-26-19-10-18(24)20(9-14(19)3)29-22-16(11-25)21(27-30-22)15-7-5-6-8-17(15)23/h5-10,12-13H,1-4H3. The van der Waals surface area contributed by atoms with Gasteiger partial charge in [0.15, 0.2) is 0 Å². The molecule has 0 N–H and O–H groups in total. The molecular weight excluding hydrogens is 439 g/mol. The molecule has 30 heavy (non-hydrogen) atoms. The highest BCUT2D eigenvalue weighted by Gasteiger charge is 2.20. The molecular formula is C22H20Cl2N4OS. The van der Waals surface area contributed by atoms with Crippen molar-refractivity contribution in [3.05, 3.63) is 57.6 Å². The summed E-state index contributed by atoms with van der Waals surface area (Å²) in [5, 5.41) is 11.0. The lowest BCUT2D eigenvalue weighted by Crippen LogP contribution is -2.24. The molecule has 0 aliphatic heterocycles. The number of aromatic nitrogens is 1. The maximum absolute atomic E-state index is 9.69. The van der Waals surface area contributed by atoms with Crippen molar-refractivity contribution in [2.75, 3.05) is 7.05 Å². The minimum atomic E-state index is 0.322. The van der Waals surface area contributed by atoms with E-state index in [0.29, 0.717) is 43.7 Å². The maximum atomic E-state index is 9.69. The molecule has 0 saturated carbocycles. The first-order chi connectivity index (χ1) is 14.3. The molecule has 0 aliphatic carbocycles. The van der Waals surface area contributed by atoms with Gasteiger partial charge in [-0.15, -0.1) is 0 Å². The molecule has 1 aromatic heterocycles. The molecule has 0 saturated heterocycles. The van der Waals surface area contributed by atoms with Crippen molar-refractivity contribution in [1.82, 2.24) is 9.27 Å². The zero-order valence-corrected chi connectivity index (χ0v) is 19.3. The summed E-state index contributed by atoms with van der Waals surface area (Å²) in [4.78, 5) is 6.51. The minimum Gasteiger partial charge on any atom is -0.442 e. The van der Waals surface area contributed by atoms with Crippen LogP contribution in [0.5, 0.6) is 10.8 Å². The van der Waals surface area contributed by atoms with E-state index in [1.165, 1.54) is 0 Å². The van der Waals surface area contributed by atoms with Crippen LogP contribution in [0.15, 0.2) is 41.4 Å². The fourth-order valence-electron chi connectivity index (χ4n) is 2.53.